The van der Waals surface area contributed by atoms with Crippen molar-refractivity contribution in [3.8, 4) is 5.75 Å². The molecular weight excluding hydrogens is 202 g/mol. The third-order valence-electron chi connectivity index (χ3n) is 2.57. The van der Waals surface area contributed by atoms with E-state index in [1.165, 1.54) is 0 Å². The zero-order valence-electron chi connectivity index (χ0n) is 9.86. The molecule has 0 spiro atoms. The van der Waals surface area contributed by atoms with Gasteiger partial charge in [-0.2, -0.15) is 0 Å². The van der Waals surface area contributed by atoms with Gasteiger partial charge < -0.3 is 15.6 Å². The molecule has 1 rings (SSSR count). The van der Waals surface area contributed by atoms with E-state index in [2.05, 4.69) is 6.92 Å². The van der Waals surface area contributed by atoms with Crippen LogP contribution in [-0.4, -0.2) is 18.3 Å². The van der Waals surface area contributed by atoms with Crippen molar-refractivity contribution in [1.29, 1.82) is 0 Å². The van der Waals surface area contributed by atoms with Crippen LogP contribution in [-0.2, 0) is 0 Å². The lowest BCUT2D eigenvalue weighted by Crippen LogP contribution is -2.11. The minimum Gasteiger partial charge on any atom is -0.493 e. The van der Waals surface area contributed by atoms with Gasteiger partial charge in [-0.15, -0.1) is 0 Å². The molecule has 1 aromatic carbocycles. The second-order valence-corrected chi connectivity index (χ2v) is 3.83. The first-order valence-electron chi connectivity index (χ1n) is 5.87. The summed E-state index contributed by atoms with van der Waals surface area (Å²) < 4.78 is 5.67. The van der Waals surface area contributed by atoms with Crippen molar-refractivity contribution in [1.82, 2.24) is 0 Å². The smallest absolute Gasteiger partial charge is 0.124 e. The summed E-state index contributed by atoms with van der Waals surface area (Å²) in [4.78, 5) is 0. The molecule has 0 unspecified atom stereocenters. The number of rotatable bonds is 7. The third kappa shape index (κ3) is 3.83. The highest BCUT2D eigenvalue weighted by Gasteiger charge is 2.09. The van der Waals surface area contributed by atoms with Gasteiger partial charge >= 0.3 is 0 Å². The van der Waals surface area contributed by atoms with E-state index < -0.39 is 0 Å². The van der Waals surface area contributed by atoms with Crippen molar-refractivity contribution in [2.75, 3.05) is 13.2 Å². The number of hydrogen-bond donors (Lipinski definition) is 2. The summed E-state index contributed by atoms with van der Waals surface area (Å²) in [6, 6.07) is 7.92. The Bertz CT molecular complexity index is 302. The zero-order chi connectivity index (χ0) is 11.8. The Morgan fingerprint density at radius 2 is 2.06 bits per heavy atom. The van der Waals surface area contributed by atoms with E-state index in [0.29, 0.717) is 6.61 Å². The molecule has 3 nitrogen and oxygen atoms in total. The summed E-state index contributed by atoms with van der Waals surface area (Å²) in [7, 11) is 0. The van der Waals surface area contributed by atoms with Crippen molar-refractivity contribution < 1.29 is 9.84 Å². The van der Waals surface area contributed by atoms with Gasteiger partial charge in [0.05, 0.1) is 6.61 Å². The number of para-hydroxylation sites is 1. The number of unbranched alkanes of at least 4 members (excludes halogenated alkanes) is 1. The number of aliphatic hydroxyl groups excluding tert-OH is 1. The molecule has 0 aliphatic rings. The molecule has 0 aromatic heterocycles. The molecule has 0 heterocycles. The van der Waals surface area contributed by atoms with E-state index in [1.54, 1.807) is 0 Å². The first-order valence-corrected chi connectivity index (χ1v) is 5.87. The van der Waals surface area contributed by atoms with E-state index in [0.717, 1.165) is 30.6 Å². The lowest BCUT2D eigenvalue weighted by molar-refractivity contribution is 0.251. The highest BCUT2D eigenvalue weighted by atomic mass is 16.5. The number of nitrogens with two attached hydrogens (primary N) is 1. The van der Waals surface area contributed by atoms with Crippen LogP contribution in [0.1, 0.15) is 37.8 Å². The maximum Gasteiger partial charge on any atom is 0.124 e. The molecule has 16 heavy (non-hydrogen) atoms. The average molecular weight is 223 g/mol. The minimum absolute atomic E-state index is 0.0361. The number of benzene rings is 1. The molecule has 0 amide bonds. The lowest BCUT2D eigenvalue weighted by Gasteiger charge is -2.15. The Hall–Kier alpha value is -1.06. The summed E-state index contributed by atoms with van der Waals surface area (Å²) >= 11 is 0. The quantitative estimate of drug-likeness (QED) is 0.697. The third-order valence-corrected chi connectivity index (χ3v) is 2.57. The van der Waals surface area contributed by atoms with Gasteiger partial charge in [-0.25, -0.2) is 0 Å². The highest BCUT2D eigenvalue weighted by Crippen LogP contribution is 2.25. The maximum absolute atomic E-state index is 8.67. The van der Waals surface area contributed by atoms with Gasteiger partial charge in [0.15, 0.2) is 0 Å². The van der Waals surface area contributed by atoms with Crippen LogP contribution in [0.2, 0.25) is 0 Å². The molecule has 0 aliphatic heterocycles. The molecule has 90 valence electrons. The predicted octanol–water partition coefficient (Wildman–Crippen LogP) is 2.25. The molecule has 0 saturated carbocycles. The molecular formula is C13H21NO2. The molecule has 0 bridgehead atoms. The Morgan fingerprint density at radius 1 is 1.31 bits per heavy atom. The fraction of sp³-hybridized carbons (Fsp3) is 0.538. The van der Waals surface area contributed by atoms with Crippen LogP contribution >= 0.6 is 0 Å². The second-order valence-electron chi connectivity index (χ2n) is 3.83. The van der Waals surface area contributed by atoms with E-state index >= 15 is 0 Å². The monoisotopic (exact) mass is 223 g/mol. The molecule has 3 N–H and O–H groups in total. The highest BCUT2D eigenvalue weighted by molar-refractivity contribution is 5.35. The summed E-state index contributed by atoms with van der Waals surface area (Å²) in [5, 5.41) is 8.67. The molecule has 0 saturated heterocycles. The Balaban J connectivity index is 2.57. The summed E-state index contributed by atoms with van der Waals surface area (Å²) in [6.45, 7) is 2.92. The standard InChI is InChI=1S/C13H21NO2/c1-2-12(14)11-7-3-4-8-13(11)16-10-6-5-9-15/h3-4,7-8,12,15H,2,5-6,9-10,14H2,1H3/t12-/m0/s1. The average Bonchev–Trinajstić information content (AvgIpc) is 2.34. The van der Waals surface area contributed by atoms with Gasteiger partial charge in [-0.05, 0) is 25.3 Å². The van der Waals surface area contributed by atoms with Crippen molar-refractivity contribution in [3.05, 3.63) is 29.8 Å². The van der Waals surface area contributed by atoms with Gasteiger partial charge in [0.25, 0.3) is 0 Å². The number of hydrogen-bond acceptors (Lipinski definition) is 3. The Labute approximate surface area is 97.2 Å². The van der Waals surface area contributed by atoms with Crippen molar-refractivity contribution in [2.45, 2.75) is 32.2 Å². The van der Waals surface area contributed by atoms with Crippen LogP contribution in [0.3, 0.4) is 0 Å². The predicted molar refractivity (Wildman–Crippen MR) is 65.5 cm³/mol. The number of ether oxygens (including phenoxy) is 1. The Morgan fingerprint density at radius 3 is 2.75 bits per heavy atom. The molecule has 1 atom stereocenters. The fourth-order valence-corrected chi connectivity index (χ4v) is 1.53. The fourth-order valence-electron chi connectivity index (χ4n) is 1.53. The molecule has 0 fully saturated rings. The summed E-state index contributed by atoms with van der Waals surface area (Å²) in [6.07, 6.45) is 2.55. The largest absolute Gasteiger partial charge is 0.493 e. The van der Waals surface area contributed by atoms with Crippen molar-refractivity contribution in [2.24, 2.45) is 5.73 Å². The van der Waals surface area contributed by atoms with Crippen LogP contribution in [0, 0.1) is 0 Å². The van der Waals surface area contributed by atoms with Crippen molar-refractivity contribution >= 4 is 0 Å². The summed E-state index contributed by atoms with van der Waals surface area (Å²) in [5.41, 5.74) is 7.07. The maximum atomic E-state index is 8.67. The van der Waals surface area contributed by atoms with E-state index in [-0.39, 0.29) is 12.6 Å². The van der Waals surface area contributed by atoms with Crippen LogP contribution in [0.4, 0.5) is 0 Å². The SMILES string of the molecule is CC[C@H](N)c1ccccc1OCCCCO. The van der Waals surface area contributed by atoms with E-state index in [9.17, 15) is 0 Å². The Kier molecular flexibility index (Phi) is 5.90. The van der Waals surface area contributed by atoms with Gasteiger partial charge in [0, 0.05) is 18.2 Å². The summed E-state index contributed by atoms with van der Waals surface area (Å²) in [5.74, 6) is 0.870. The van der Waals surface area contributed by atoms with Crippen molar-refractivity contribution in [3.63, 3.8) is 0 Å². The lowest BCUT2D eigenvalue weighted by atomic mass is 10.0. The molecule has 1 aromatic rings. The van der Waals surface area contributed by atoms with Crippen LogP contribution in [0.15, 0.2) is 24.3 Å². The van der Waals surface area contributed by atoms with Gasteiger partial charge in [-0.1, -0.05) is 25.1 Å². The zero-order valence-corrected chi connectivity index (χ0v) is 9.86. The molecule has 0 radical (unpaired) electrons. The van der Waals surface area contributed by atoms with Gasteiger partial charge in [0.2, 0.25) is 0 Å². The van der Waals surface area contributed by atoms with Gasteiger partial charge in [0.1, 0.15) is 5.75 Å². The van der Waals surface area contributed by atoms with Crippen LogP contribution < -0.4 is 10.5 Å². The van der Waals surface area contributed by atoms with Gasteiger partial charge in [-0.3, -0.25) is 0 Å². The minimum atomic E-state index is 0.0361. The first kappa shape index (κ1) is 13.0. The number of aliphatic hydroxyl groups is 1. The van der Waals surface area contributed by atoms with E-state index in [4.69, 9.17) is 15.6 Å². The first-order chi connectivity index (χ1) is 7.79. The van der Waals surface area contributed by atoms with Crippen LogP contribution in [0.25, 0.3) is 0 Å². The second kappa shape index (κ2) is 7.25. The van der Waals surface area contributed by atoms with Crippen LogP contribution in [0.5, 0.6) is 5.75 Å². The molecule has 3 heteroatoms. The topological polar surface area (TPSA) is 55.5 Å². The normalized spacial score (nSPS) is 12.4. The molecule has 0 aliphatic carbocycles. The van der Waals surface area contributed by atoms with E-state index in [1.807, 2.05) is 24.3 Å².